The highest BCUT2D eigenvalue weighted by Gasteiger charge is 2.29. The van der Waals surface area contributed by atoms with E-state index in [1.807, 2.05) is 0 Å². The standard InChI is InChI=1S/C15H22N4O5S/c1-24-7-6-19-10-11(8-14(19)20)9-17-15(21)18-12-2-4-13(5-3-12)25(16,22)23/h2-5,11H,6-10H2,1H3,(H2,16,22,23)(H2,17,18,21). The molecule has 138 valence electrons. The van der Waals surface area contributed by atoms with Gasteiger partial charge in [0, 0.05) is 44.8 Å². The van der Waals surface area contributed by atoms with E-state index >= 15 is 0 Å². The fourth-order valence-electron chi connectivity index (χ4n) is 2.55. The van der Waals surface area contributed by atoms with Crippen molar-refractivity contribution >= 4 is 27.6 Å². The molecule has 9 nitrogen and oxygen atoms in total. The summed E-state index contributed by atoms with van der Waals surface area (Å²) < 4.78 is 27.3. The van der Waals surface area contributed by atoms with Gasteiger partial charge in [-0.25, -0.2) is 18.4 Å². The van der Waals surface area contributed by atoms with Gasteiger partial charge in [0.25, 0.3) is 0 Å². The molecule has 1 saturated heterocycles. The van der Waals surface area contributed by atoms with Crippen molar-refractivity contribution in [2.24, 2.45) is 11.1 Å². The van der Waals surface area contributed by atoms with Gasteiger partial charge in [-0.05, 0) is 24.3 Å². The summed E-state index contributed by atoms with van der Waals surface area (Å²) in [6, 6.07) is 5.10. The third kappa shape index (κ3) is 5.69. The highest BCUT2D eigenvalue weighted by molar-refractivity contribution is 7.89. The molecule has 1 aliphatic heterocycles. The molecule has 0 spiro atoms. The van der Waals surface area contributed by atoms with Crippen LogP contribution < -0.4 is 15.8 Å². The number of methoxy groups -OCH3 is 1. The third-order valence-electron chi connectivity index (χ3n) is 3.85. The summed E-state index contributed by atoms with van der Waals surface area (Å²) in [7, 11) is -2.18. The van der Waals surface area contributed by atoms with E-state index in [4.69, 9.17) is 9.88 Å². The van der Waals surface area contributed by atoms with Gasteiger partial charge in [0.2, 0.25) is 15.9 Å². The van der Waals surface area contributed by atoms with Crippen LogP contribution in [-0.4, -0.2) is 58.6 Å². The average Bonchev–Trinajstić information content (AvgIpc) is 2.90. The molecule has 1 fully saturated rings. The van der Waals surface area contributed by atoms with Crippen LogP contribution in [-0.2, 0) is 19.6 Å². The van der Waals surface area contributed by atoms with E-state index in [0.29, 0.717) is 38.3 Å². The number of nitrogens with zero attached hydrogens (tertiary/aromatic N) is 1. The van der Waals surface area contributed by atoms with E-state index in [2.05, 4.69) is 10.6 Å². The van der Waals surface area contributed by atoms with Gasteiger partial charge in [-0.2, -0.15) is 0 Å². The zero-order chi connectivity index (χ0) is 18.4. The van der Waals surface area contributed by atoms with Crippen LogP contribution in [0.5, 0.6) is 0 Å². The fraction of sp³-hybridized carbons (Fsp3) is 0.467. The molecule has 0 saturated carbocycles. The van der Waals surface area contributed by atoms with Crippen LogP contribution in [0, 0.1) is 5.92 Å². The number of urea groups is 1. The fourth-order valence-corrected chi connectivity index (χ4v) is 3.06. The minimum atomic E-state index is -3.76. The molecule has 25 heavy (non-hydrogen) atoms. The number of amides is 3. The molecule has 1 aromatic carbocycles. The summed E-state index contributed by atoms with van der Waals surface area (Å²) in [5.74, 6) is 0.114. The molecule has 4 N–H and O–H groups in total. The van der Waals surface area contributed by atoms with E-state index in [1.165, 1.54) is 24.3 Å². The molecule has 0 bridgehead atoms. The Kier molecular flexibility index (Phi) is 6.34. The van der Waals surface area contributed by atoms with Gasteiger partial charge >= 0.3 is 6.03 Å². The normalized spacial score (nSPS) is 17.6. The Hall–Kier alpha value is -2.17. The third-order valence-corrected chi connectivity index (χ3v) is 4.78. The highest BCUT2D eigenvalue weighted by atomic mass is 32.2. The number of primary sulfonamides is 1. The number of anilines is 1. The quantitative estimate of drug-likeness (QED) is 0.619. The SMILES string of the molecule is COCCN1CC(CNC(=O)Nc2ccc(S(N)(=O)=O)cc2)CC1=O. The second-order valence-electron chi connectivity index (χ2n) is 5.81. The van der Waals surface area contributed by atoms with Crippen molar-refractivity contribution < 1.29 is 22.7 Å². The zero-order valence-electron chi connectivity index (χ0n) is 13.9. The van der Waals surface area contributed by atoms with Crippen LogP contribution in [0.25, 0.3) is 0 Å². The van der Waals surface area contributed by atoms with Crippen LogP contribution in [0.15, 0.2) is 29.2 Å². The van der Waals surface area contributed by atoms with Crippen molar-refractivity contribution in [2.75, 3.05) is 38.7 Å². The molecule has 2 rings (SSSR count). The van der Waals surface area contributed by atoms with Gasteiger partial charge in [-0.3, -0.25) is 4.79 Å². The summed E-state index contributed by atoms with van der Waals surface area (Å²) in [5, 5.41) is 10.3. The van der Waals surface area contributed by atoms with E-state index in [9.17, 15) is 18.0 Å². The molecule has 3 amide bonds. The maximum Gasteiger partial charge on any atom is 0.319 e. The highest BCUT2D eigenvalue weighted by Crippen LogP contribution is 2.17. The lowest BCUT2D eigenvalue weighted by molar-refractivity contribution is -0.128. The van der Waals surface area contributed by atoms with E-state index < -0.39 is 16.1 Å². The van der Waals surface area contributed by atoms with Crippen LogP contribution in [0.1, 0.15) is 6.42 Å². The first-order chi connectivity index (χ1) is 11.8. The topological polar surface area (TPSA) is 131 Å². The predicted octanol–water partition coefficient (Wildman–Crippen LogP) is -0.0496. The molecule has 1 aromatic rings. The summed E-state index contributed by atoms with van der Waals surface area (Å²) >= 11 is 0. The maximum absolute atomic E-state index is 11.9. The molecule has 1 atom stereocenters. The van der Waals surface area contributed by atoms with Crippen LogP contribution >= 0.6 is 0 Å². The second kappa shape index (κ2) is 8.28. The van der Waals surface area contributed by atoms with E-state index in [1.54, 1.807) is 12.0 Å². The largest absolute Gasteiger partial charge is 0.383 e. The first-order valence-corrected chi connectivity index (χ1v) is 9.28. The minimum absolute atomic E-state index is 0.0286. The maximum atomic E-state index is 11.9. The lowest BCUT2D eigenvalue weighted by atomic mass is 10.1. The molecule has 10 heteroatoms. The van der Waals surface area contributed by atoms with Crippen molar-refractivity contribution in [3.63, 3.8) is 0 Å². The second-order valence-corrected chi connectivity index (χ2v) is 7.37. The lowest BCUT2D eigenvalue weighted by Crippen LogP contribution is -2.34. The van der Waals surface area contributed by atoms with Gasteiger partial charge in [0.1, 0.15) is 0 Å². The molecule has 0 radical (unpaired) electrons. The molecule has 1 aliphatic rings. The van der Waals surface area contributed by atoms with Crippen molar-refractivity contribution in [2.45, 2.75) is 11.3 Å². The molecule has 0 aliphatic carbocycles. The number of nitrogens with two attached hydrogens (primary N) is 1. The van der Waals surface area contributed by atoms with Gasteiger partial charge in [0.05, 0.1) is 11.5 Å². The van der Waals surface area contributed by atoms with Crippen LogP contribution in [0.3, 0.4) is 0 Å². The van der Waals surface area contributed by atoms with Crippen LogP contribution in [0.4, 0.5) is 10.5 Å². The van der Waals surface area contributed by atoms with Crippen molar-refractivity contribution in [1.29, 1.82) is 0 Å². The number of sulfonamides is 1. The summed E-state index contributed by atoms with van der Waals surface area (Å²) in [5.41, 5.74) is 0.439. The first-order valence-electron chi connectivity index (χ1n) is 7.74. The first kappa shape index (κ1) is 19.2. The monoisotopic (exact) mass is 370 g/mol. The lowest BCUT2D eigenvalue weighted by Gasteiger charge is -2.16. The van der Waals surface area contributed by atoms with Crippen molar-refractivity contribution in [3.05, 3.63) is 24.3 Å². The van der Waals surface area contributed by atoms with Gasteiger partial charge < -0.3 is 20.3 Å². The average molecular weight is 370 g/mol. The molecule has 1 heterocycles. The molecule has 1 unspecified atom stereocenters. The Morgan fingerprint density at radius 3 is 2.64 bits per heavy atom. The minimum Gasteiger partial charge on any atom is -0.383 e. The van der Waals surface area contributed by atoms with E-state index in [0.717, 1.165) is 0 Å². The number of nitrogens with one attached hydrogen (secondary N) is 2. The van der Waals surface area contributed by atoms with Gasteiger partial charge in [0.15, 0.2) is 0 Å². The van der Waals surface area contributed by atoms with E-state index in [-0.39, 0.29) is 16.7 Å². The van der Waals surface area contributed by atoms with Gasteiger partial charge in [-0.1, -0.05) is 0 Å². The van der Waals surface area contributed by atoms with Crippen molar-refractivity contribution in [1.82, 2.24) is 10.2 Å². The molecule has 0 aromatic heterocycles. The summed E-state index contributed by atoms with van der Waals surface area (Å²) in [6.07, 6.45) is 0.396. The Bertz CT molecular complexity index is 720. The Labute approximate surface area is 146 Å². The Morgan fingerprint density at radius 1 is 1.36 bits per heavy atom. The smallest absolute Gasteiger partial charge is 0.319 e. The van der Waals surface area contributed by atoms with Gasteiger partial charge in [-0.15, -0.1) is 0 Å². The number of hydrogen-bond acceptors (Lipinski definition) is 5. The molecular weight excluding hydrogens is 348 g/mol. The number of carbonyl (C=O) groups is 2. The molecular formula is C15H22N4O5S. The number of ether oxygens (including phenoxy) is 1. The predicted molar refractivity (Wildman–Crippen MR) is 91.4 cm³/mol. The number of hydrogen-bond donors (Lipinski definition) is 3. The Balaban J connectivity index is 1.78. The number of benzene rings is 1. The summed E-state index contributed by atoms with van der Waals surface area (Å²) in [4.78, 5) is 25.4. The number of carbonyl (C=O) groups excluding carboxylic acids is 2. The zero-order valence-corrected chi connectivity index (χ0v) is 14.7. The van der Waals surface area contributed by atoms with Crippen LogP contribution in [0.2, 0.25) is 0 Å². The summed E-state index contributed by atoms with van der Waals surface area (Å²) in [6.45, 7) is 2.00. The van der Waals surface area contributed by atoms with Crippen molar-refractivity contribution in [3.8, 4) is 0 Å². The number of rotatable bonds is 7. The Morgan fingerprint density at radius 2 is 2.04 bits per heavy atom. The number of likely N-dealkylation sites (tertiary alicyclic amines) is 1.